The second-order valence-electron chi connectivity index (χ2n) is 7.54. The van der Waals surface area contributed by atoms with Crippen LogP contribution in [0.25, 0.3) is 32.8 Å². The van der Waals surface area contributed by atoms with Crippen LogP contribution in [0.4, 0.5) is 0 Å². The Morgan fingerprint density at radius 3 is 2.56 bits per heavy atom. The maximum Gasteiger partial charge on any atom is 0.116 e. The number of aromatic hydroxyl groups is 1. The Labute approximate surface area is 159 Å². The molecule has 0 unspecified atom stereocenters. The average molecular weight is 356 g/mol. The lowest BCUT2D eigenvalue weighted by Gasteiger charge is -2.15. The van der Waals surface area contributed by atoms with E-state index < -0.39 is 0 Å². The number of benzene rings is 3. The van der Waals surface area contributed by atoms with Crippen molar-refractivity contribution >= 4 is 21.7 Å². The Balaban J connectivity index is 1.52. The van der Waals surface area contributed by atoms with Crippen LogP contribution in [0.1, 0.15) is 12.8 Å². The molecule has 27 heavy (non-hydrogen) atoms. The van der Waals surface area contributed by atoms with Gasteiger partial charge in [0.25, 0.3) is 0 Å². The van der Waals surface area contributed by atoms with Crippen molar-refractivity contribution in [2.75, 3.05) is 19.6 Å². The maximum absolute atomic E-state index is 9.81. The van der Waals surface area contributed by atoms with Crippen molar-refractivity contribution in [1.29, 1.82) is 0 Å². The smallest absolute Gasteiger partial charge is 0.116 e. The number of nitrogens with zero attached hydrogens (tertiary/aromatic N) is 2. The van der Waals surface area contributed by atoms with E-state index in [1.807, 2.05) is 12.1 Å². The fourth-order valence-corrected chi connectivity index (χ4v) is 4.33. The lowest BCUT2D eigenvalue weighted by atomic mass is 9.98. The van der Waals surface area contributed by atoms with Crippen molar-refractivity contribution in [2.45, 2.75) is 19.4 Å². The Hall–Kier alpha value is -2.78. The first-order valence-electron chi connectivity index (χ1n) is 9.81. The van der Waals surface area contributed by atoms with Gasteiger partial charge >= 0.3 is 0 Å². The molecule has 1 aliphatic rings. The molecule has 1 saturated heterocycles. The van der Waals surface area contributed by atoms with Gasteiger partial charge in [-0.05, 0) is 78.2 Å². The third-order valence-corrected chi connectivity index (χ3v) is 5.80. The molecule has 0 bridgehead atoms. The predicted molar refractivity (Wildman–Crippen MR) is 112 cm³/mol. The maximum atomic E-state index is 9.81. The Morgan fingerprint density at radius 1 is 0.815 bits per heavy atom. The summed E-state index contributed by atoms with van der Waals surface area (Å²) in [5.41, 5.74) is 3.73. The molecule has 3 heteroatoms. The standard InChI is InChI=1S/C24H24N2O/c27-21-9-8-18-6-7-19(16-20(18)17-21)22-4-3-5-24-23(22)10-13-26(24)15-14-25-11-1-2-12-25/h3-10,13,16-17,27H,1-2,11-12,14-15H2. The third kappa shape index (κ3) is 3.08. The number of phenols is 1. The van der Waals surface area contributed by atoms with Crippen LogP contribution in [-0.2, 0) is 6.54 Å². The van der Waals surface area contributed by atoms with Gasteiger partial charge in [0, 0.05) is 30.2 Å². The minimum absolute atomic E-state index is 0.311. The fourth-order valence-electron chi connectivity index (χ4n) is 4.33. The van der Waals surface area contributed by atoms with Gasteiger partial charge in [-0.1, -0.05) is 30.3 Å². The van der Waals surface area contributed by atoms with Gasteiger partial charge in [0.05, 0.1) is 0 Å². The lowest BCUT2D eigenvalue weighted by molar-refractivity contribution is 0.324. The number of phenolic OH excluding ortho intramolecular Hbond substituents is 1. The number of likely N-dealkylation sites (tertiary alicyclic amines) is 1. The van der Waals surface area contributed by atoms with Crippen molar-refractivity contribution in [3.05, 3.63) is 66.9 Å². The van der Waals surface area contributed by atoms with Crippen LogP contribution in [-0.4, -0.2) is 34.2 Å². The molecule has 3 nitrogen and oxygen atoms in total. The summed E-state index contributed by atoms with van der Waals surface area (Å²) in [4.78, 5) is 2.56. The summed E-state index contributed by atoms with van der Waals surface area (Å²) >= 11 is 0. The molecular formula is C24H24N2O. The van der Waals surface area contributed by atoms with Gasteiger partial charge in [0.1, 0.15) is 5.75 Å². The van der Waals surface area contributed by atoms with Crippen molar-refractivity contribution in [3.63, 3.8) is 0 Å². The van der Waals surface area contributed by atoms with E-state index in [0.29, 0.717) is 5.75 Å². The Kier molecular flexibility index (Phi) is 4.10. The van der Waals surface area contributed by atoms with E-state index in [2.05, 4.69) is 58.1 Å². The summed E-state index contributed by atoms with van der Waals surface area (Å²) in [7, 11) is 0. The molecule has 5 rings (SSSR count). The van der Waals surface area contributed by atoms with Crippen LogP contribution < -0.4 is 0 Å². The van der Waals surface area contributed by atoms with Crippen LogP contribution >= 0.6 is 0 Å². The van der Waals surface area contributed by atoms with Crippen molar-refractivity contribution in [2.24, 2.45) is 0 Å². The van der Waals surface area contributed by atoms with Crippen molar-refractivity contribution < 1.29 is 5.11 Å². The molecule has 2 heterocycles. The number of fused-ring (bicyclic) bond motifs is 2. The molecule has 0 amide bonds. The monoisotopic (exact) mass is 356 g/mol. The van der Waals surface area contributed by atoms with Crippen LogP contribution in [0.3, 0.4) is 0 Å². The zero-order chi connectivity index (χ0) is 18.2. The summed E-state index contributed by atoms with van der Waals surface area (Å²) in [6, 6.07) is 20.8. The summed E-state index contributed by atoms with van der Waals surface area (Å²) < 4.78 is 2.38. The molecule has 0 aliphatic carbocycles. The van der Waals surface area contributed by atoms with Crippen LogP contribution in [0.5, 0.6) is 5.75 Å². The highest BCUT2D eigenvalue weighted by Gasteiger charge is 2.12. The molecule has 1 aromatic heterocycles. The highest BCUT2D eigenvalue weighted by Crippen LogP contribution is 2.32. The summed E-state index contributed by atoms with van der Waals surface area (Å²) in [6.07, 6.45) is 4.90. The average Bonchev–Trinajstić information content (AvgIpc) is 3.35. The van der Waals surface area contributed by atoms with E-state index >= 15 is 0 Å². The normalized spacial score (nSPS) is 15.1. The molecule has 0 saturated carbocycles. The molecule has 1 aliphatic heterocycles. The SMILES string of the molecule is Oc1ccc2ccc(-c3cccc4c3ccn4CCN3CCCC3)cc2c1. The molecule has 1 N–H and O–H groups in total. The number of aromatic nitrogens is 1. The summed E-state index contributed by atoms with van der Waals surface area (Å²) in [5, 5.41) is 13.3. The van der Waals surface area contributed by atoms with E-state index in [-0.39, 0.29) is 0 Å². The molecule has 3 aromatic carbocycles. The molecule has 4 aromatic rings. The quantitative estimate of drug-likeness (QED) is 0.540. The molecule has 0 spiro atoms. The van der Waals surface area contributed by atoms with Crippen LogP contribution in [0.15, 0.2) is 66.9 Å². The Morgan fingerprint density at radius 2 is 1.67 bits per heavy atom. The van der Waals surface area contributed by atoms with E-state index in [4.69, 9.17) is 0 Å². The number of rotatable bonds is 4. The van der Waals surface area contributed by atoms with Gasteiger partial charge in [-0.2, -0.15) is 0 Å². The van der Waals surface area contributed by atoms with Gasteiger partial charge < -0.3 is 14.6 Å². The van der Waals surface area contributed by atoms with Gasteiger partial charge in [-0.15, -0.1) is 0 Å². The largest absolute Gasteiger partial charge is 0.508 e. The zero-order valence-corrected chi connectivity index (χ0v) is 15.4. The third-order valence-electron chi connectivity index (χ3n) is 5.80. The molecular weight excluding hydrogens is 332 g/mol. The van der Waals surface area contributed by atoms with Crippen molar-refractivity contribution in [3.8, 4) is 16.9 Å². The van der Waals surface area contributed by atoms with Gasteiger partial charge in [0.15, 0.2) is 0 Å². The van der Waals surface area contributed by atoms with Crippen LogP contribution in [0, 0.1) is 0 Å². The summed E-state index contributed by atoms with van der Waals surface area (Å²) in [5.74, 6) is 0.311. The second kappa shape index (κ2) is 6.75. The second-order valence-corrected chi connectivity index (χ2v) is 7.54. The minimum atomic E-state index is 0.311. The van der Waals surface area contributed by atoms with E-state index in [9.17, 15) is 5.11 Å². The van der Waals surface area contributed by atoms with E-state index in [0.717, 1.165) is 23.9 Å². The van der Waals surface area contributed by atoms with E-state index in [1.165, 1.54) is 48.0 Å². The van der Waals surface area contributed by atoms with Crippen LogP contribution in [0.2, 0.25) is 0 Å². The first-order valence-corrected chi connectivity index (χ1v) is 9.81. The van der Waals surface area contributed by atoms with Crippen molar-refractivity contribution in [1.82, 2.24) is 9.47 Å². The molecule has 0 atom stereocenters. The lowest BCUT2D eigenvalue weighted by Crippen LogP contribution is -2.23. The predicted octanol–water partition coefficient (Wildman–Crippen LogP) is 5.26. The van der Waals surface area contributed by atoms with Gasteiger partial charge in [-0.3, -0.25) is 0 Å². The first kappa shape index (κ1) is 16.4. The zero-order valence-electron chi connectivity index (χ0n) is 15.4. The summed E-state index contributed by atoms with van der Waals surface area (Å²) in [6.45, 7) is 4.66. The van der Waals surface area contributed by atoms with Gasteiger partial charge in [-0.25, -0.2) is 0 Å². The van der Waals surface area contributed by atoms with E-state index in [1.54, 1.807) is 6.07 Å². The number of hydrogen-bond donors (Lipinski definition) is 1. The highest BCUT2D eigenvalue weighted by atomic mass is 16.3. The van der Waals surface area contributed by atoms with Gasteiger partial charge in [0.2, 0.25) is 0 Å². The highest BCUT2D eigenvalue weighted by molar-refractivity contribution is 5.98. The minimum Gasteiger partial charge on any atom is -0.508 e. The first-order chi connectivity index (χ1) is 13.3. The fraction of sp³-hybridized carbons (Fsp3) is 0.250. The number of hydrogen-bond acceptors (Lipinski definition) is 2. The molecule has 1 fully saturated rings. The molecule has 136 valence electrons. The Bertz CT molecular complexity index is 1110. The topological polar surface area (TPSA) is 28.4 Å². The molecule has 0 radical (unpaired) electrons.